The lowest BCUT2D eigenvalue weighted by Crippen LogP contribution is -2.45. The van der Waals surface area contributed by atoms with Gasteiger partial charge in [-0.1, -0.05) is 17.6 Å². The van der Waals surface area contributed by atoms with E-state index in [0.29, 0.717) is 23.4 Å². The summed E-state index contributed by atoms with van der Waals surface area (Å²) in [6.07, 6.45) is 3.36. The number of Topliss-reactive ketones (excluding diaryl/α,β-unsaturated/α-hetero) is 1. The van der Waals surface area contributed by atoms with E-state index in [1.165, 1.54) is 0 Å². The molecule has 5 heteroatoms. The Kier molecular flexibility index (Phi) is 3.77. The molecule has 2 radical (unpaired) electrons. The summed E-state index contributed by atoms with van der Waals surface area (Å²) in [6.45, 7) is 0.941. The van der Waals surface area contributed by atoms with Crippen molar-refractivity contribution in [2.24, 2.45) is 0 Å². The van der Waals surface area contributed by atoms with Crippen LogP contribution in [0.4, 0.5) is 0 Å². The molecule has 2 unspecified atom stereocenters. The maximum absolute atomic E-state index is 12.0. The molecule has 0 saturated carbocycles. The van der Waals surface area contributed by atoms with Crippen LogP contribution in [0.1, 0.15) is 18.4 Å². The number of ketones is 1. The van der Waals surface area contributed by atoms with Crippen LogP contribution < -0.4 is 9.47 Å². The average Bonchev–Trinajstić information content (AvgIpc) is 2.85. The molecular formula is C17H20BNO3. The van der Waals surface area contributed by atoms with Gasteiger partial charge in [-0.05, 0) is 37.7 Å². The molecule has 22 heavy (non-hydrogen) atoms. The summed E-state index contributed by atoms with van der Waals surface area (Å²) in [5.41, 5.74) is 1.27. The van der Waals surface area contributed by atoms with E-state index in [1.54, 1.807) is 14.2 Å². The van der Waals surface area contributed by atoms with E-state index in [9.17, 15) is 4.79 Å². The minimum atomic E-state index is -0.230. The second kappa shape index (κ2) is 5.47. The number of methoxy groups -OCH3 is 2. The fourth-order valence-electron chi connectivity index (χ4n) is 3.78. The molecule has 1 aliphatic heterocycles. The SMILES string of the molecule is [B]C1=CC2(c3ccc(OC)c(OC)c3)CCN(C)C2CC1=O. The molecule has 1 aliphatic carbocycles. The van der Waals surface area contributed by atoms with E-state index >= 15 is 0 Å². The number of carbonyl (C=O) groups is 1. The highest BCUT2D eigenvalue weighted by Gasteiger charge is 2.49. The highest BCUT2D eigenvalue weighted by atomic mass is 16.5. The van der Waals surface area contributed by atoms with Gasteiger partial charge in [0.1, 0.15) is 13.6 Å². The third-order valence-corrected chi connectivity index (χ3v) is 5.04. The molecule has 1 aromatic carbocycles. The quantitative estimate of drug-likeness (QED) is 0.796. The summed E-state index contributed by atoms with van der Waals surface area (Å²) in [6, 6.07) is 6.11. The second-order valence-corrected chi connectivity index (χ2v) is 6.08. The van der Waals surface area contributed by atoms with Gasteiger partial charge in [-0.2, -0.15) is 0 Å². The zero-order valence-corrected chi connectivity index (χ0v) is 13.3. The lowest BCUT2D eigenvalue weighted by Gasteiger charge is -2.39. The van der Waals surface area contributed by atoms with Gasteiger partial charge in [0, 0.05) is 17.9 Å². The normalized spacial score (nSPS) is 28.2. The Bertz CT molecular complexity index is 643. The molecule has 0 amide bonds. The number of allylic oxidation sites excluding steroid dienone is 1. The van der Waals surface area contributed by atoms with Crippen LogP contribution in [0.25, 0.3) is 0 Å². The first-order valence-electron chi connectivity index (χ1n) is 7.46. The molecule has 4 nitrogen and oxygen atoms in total. The van der Waals surface area contributed by atoms with Crippen molar-refractivity contribution in [3.8, 4) is 11.5 Å². The van der Waals surface area contributed by atoms with E-state index in [-0.39, 0.29) is 17.2 Å². The standard InChI is InChI=1S/C17H20BNO3/c1-19-7-6-17(10-12(18)13(20)9-16(17)19)11-4-5-14(21-2)15(8-11)22-3/h4-5,8,10,16H,6-7,9H2,1-3H3. The van der Waals surface area contributed by atoms with Crippen molar-refractivity contribution in [3.05, 3.63) is 35.3 Å². The Labute approximate surface area is 132 Å². The smallest absolute Gasteiger partial charge is 0.161 e. The fraction of sp³-hybridized carbons (Fsp3) is 0.471. The lowest BCUT2D eigenvalue weighted by atomic mass is 9.65. The predicted octanol–water partition coefficient (Wildman–Crippen LogP) is 1.67. The Hall–Kier alpha value is -1.75. The molecular weight excluding hydrogens is 277 g/mol. The third kappa shape index (κ3) is 2.15. The highest BCUT2D eigenvalue weighted by Crippen LogP contribution is 2.47. The number of ether oxygens (including phenoxy) is 2. The number of nitrogens with zero attached hydrogens (tertiary/aromatic N) is 1. The van der Waals surface area contributed by atoms with Crippen molar-refractivity contribution in [1.82, 2.24) is 4.90 Å². The monoisotopic (exact) mass is 297 g/mol. The van der Waals surface area contributed by atoms with Crippen molar-refractivity contribution in [1.29, 1.82) is 0 Å². The van der Waals surface area contributed by atoms with Crippen molar-refractivity contribution in [2.75, 3.05) is 27.8 Å². The zero-order chi connectivity index (χ0) is 15.9. The molecule has 1 aromatic rings. The Balaban J connectivity index is 2.13. The largest absolute Gasteiger partial charge is 0.493 e. The van der Waals surface area contributed by atoms with E-state index < -0.39 is 0 Å². The summed E-state index contributed by atoms with van der Waals surface area (Å²) in [5.74, 6) is 1.44. The van der Waals surface area contributed by atoms with Crippen molar-refractivity contribution >= 4 is 13.6 Å². The van der Waals surface area contributed by atoms with Gasteiger partial charge in [-0.15, -0.1) is 0 Å². The van der Waals surface area contributed by atoms with Crippen LogP contribution in [0.2, 0.25) is 0 Å². The van der Waals surface area contributed by atoms with Gasteiger partial charge in [-0.3, -0.25) is 4.79 Å². The van der Waals surface area contributed by atoms with E-state index in [4.69, 9.17) is 17.3 Å². The van der Waals surface area contributed by atoms with E-state index in [0.717, 1.165) is 18.5 Å². The van der Waals surface area contributed by atoms with Crippen LogP contribution in [0.3, 0.4) is 0 Å². The van der Waals surface area contributed by atoms with Crippen molar-refractivity contribution in [2.45, 2.75) is 24.3 Å². The molecule has 1 saturated heterocycles. The van der Waals surface area contributed by atoms with Crippen LogP contribution in [0.15, 0.2) is 29.7 Å². The van der Waals surface area contributed by atoms with Gasteiger partial charge < -0.3 is 14.4 Å². The minimum Gasteiger partial charge on any atom is -0.493 e. The summed E-state index contributed by atoms with van der Waals surface area (Å²) in [4.78, 5) is 14.3. The van der Waals surface area contributed by atoms with Gasteiger partial charge in [0.05, 0.1) is 14.2 Å². The third-order valence-electron chi connectivity index (χ3n) is 5.04. The van der Waals surface area contributed by atoms with Crippen molar-refractivity contribution < 1.29 is 14.3 Å². The Morgan fingerprint density at radius 1 is 1.27 bits per heavy atom. The first-order valence-corrected chi connectivity index (χ1v) is 7.46. The second-order valence-electron chi connectivity index (χ2n) is 6.08. The molecule has 0 N–H and O–H groups in total. The maximum Gasteiger partial charge on any atom is 0.161 e. The highest BCUT2D eigenvalue weighted by molar-refractivity contribution is 6.37. The minimum absolute atomic E-state index is 0.0369. The summed E-state index contributed by atoms with van der Waals surface area (Å²) < 4.78 is 10.7. The molecule has 1 fully saturated rings. The molecule has 1 heterocycles. The maximum atomic E-state index is 12.0. The van der Waals surface area contributed by atoms with Crippen LogP contribution >= 0.6 is 0 Å². The van der Waals surface area contributed by atoms with Crippen LogP contribution in [0.5, 0.6) is 11.5 Å². The Morgan fingerprint density at radius 2 is 2.00 bits per heavy atom. The van der Waals surface area contributed by atoms with Crippen molar-refractivity contribution in [3.63, 3.8) is 0 Å². The van der Waals surface area contributed by atoms with Gasteiger partial charge in [0.2, 0.25) is 0 Å². The summed E-state index contributed by atoms with van der Waals surface area (Å²) >= 11 is 0. The van der Waals surface area contributed by atoms with Gasteiger partial charge in [0.25, 0.3) is 0 Å². The van der Waals surface area contributed by atoms with Crippen LogP contribution in [-0.4, -0.2) is 52.4 Å². The topological polar surface area (TPSA) is 38.8 Å². The first kappa shape index (κ1) is 15.2. The number of likely N-dealkylation sites (N-methyl/N-ethyl adjacent to an activating group) is 1. The molecule has 114 valence electrons. The molecule has 0 aromatic heterocycles. The van der Waals surface area contributed by atoms with E-state index in [1.807, 2.05) is 24.3 Å². The molecule has 3 rings (SSSR count). The lowest BCUT2D eigenvalue weighted by molar-refractivity contribution is -0.116. The molecule has 2 aliphatic rings. The van der Waals surface area contributed by atoms with Gasteiger partial charge in [-0.25, -0.2) is 0 Å². The summed E-state index contributed by atoms with van der Waals surface area (Å²) in [7, 11) is 11.3. The number of carbonyl (C=O) groups excluding carboxylic acids is 1. The van der Waals surface area contributed by atoms with Crippen LogP contribution in [-0.2, 0) is 10.2 Å². The van der Waals surface area contributed by atoms with Gasteiger partial charge in [0.15, 0.2) is 11.5 Å². The number of fused-ring (bicyclic) bond motifs is 1. The molecule has 0 bridgehead atoms. The first-order chi connectivity index (χ1) is 10.5. The average molecular weight is 297 g/mol. The number of benzene rings is 1. The van der Waals surface area contributed by atoms with Crippen LogP contribution in [0, 0.1) is 0 Å². The molecule has 2 atom stereocenters. The number of likely N-dealkylation sites (tertiary alicyclic amines) is 1. The Morgan fingerprint density at radius 3 is 2.68 bits per heavy atom. The van der Waals surface area contributed by atoms with Gasteiger partial charge >= 0.3 is 0 Å². The number of hydrogen-bond acceptors (Lipinski definition) is 4. The summed E-state index contributed by atoms with van der Waals surface area (Å²) in [5, 5.41) is 0. The van der Waals surface area contributed by atoms with E-state index in [2.05, 4.69) is 11.9 Å². The predicted molar refractivity (Wildman–Crippen MR) is 85.7 cm³/mol. The number of hydrogen-bond donors (Lipinski definition) is 0. The fourth-order valence-corrected chi connectivity index (χ4v) is 3.78. The number of rotatable bonds is 3. The zero-order valence-electron chi connectivity index (χ0n) is 13.3. The molecule has 0 spiro atoms.